The second-order valence-corrected chi connectivity index (χ2v) is 6.51. The zero-order valence-corrected chi connectivity index (χ0v) is 15.1. The first-order valence-electron chi connectivity index (χ1n) is 7.82. The summed E-state index contributed by atoms with van der Waals surface area (Å²) < 4.78 is 7.57. The Bertz CT molecular complexity index is 1010. The van der Waals surface area contributed by atoms with E-state index in [0.717, 1.165) is 11.0 Å². The van der Waals surface area contributed by atoms with E-state index in [0.29, 0.717) is 15.6 Å². The third-order valence-corrected chi connectivity index (χ3v) is 4.60. The van der Waals surface area contributed by atoms with Gasteiger partial charge in [0.25, 0.3) is 0 Å². The molecular weight excluding hydrogens is 377 g/mol. The van der Waals surface area contributed by atoms with Crippen molar-refractivity contribution in [3.8, 4) is 0 Å². The molecule has 0 bridgehead atoms. The minimum Gasteiger partial charge on any atom is -0.448 e. The van der Waals surface area contributed by atoms with Gasteiger partial charge in [0.05, 0.1) is 21.1 Å². The number of carbonyl (C=O) groups is 1. The Kier molecular flexibility index (Phi) is 4.26. The molecule has 0 N–H and O–H groups in total. The lowest BCUT2D eigenvalue weighted by molar-refractivity contribution is -0.135. The van der Waals surface area contributed by atoms with Gasteiger partial charge in [-0.2, -0.15) is 5.01 Å². The smallest absolute Gasteiger partial charge is 0.243 e. The van der Waals surface area contributed by atoms with Crippen LogP contribution in [0.4, 0.5) is 0 Å². The first kappa shape index (κ1) is 16.8. The van der Waals surface area contributed by atoms with Crippen LogP contribution in [-0.2, 0) is 16.1 Å². The Morgan fingerprint density at radius 1 is 1.15 bits per heavy atom. The first-order valence-corrected chi connectivity index (χ1v) is 8.58. The van der Waals surface area contributed by atoms with Crippen LogP contribution in [0.2, 0.25) is 10.0 Å². The van der Waals surface area contributed by atoms with Crippen molar-refractivity contribution in [1.29, 1.82) is 0 Å². The van der Waals surface area contributed by atoms with Gasteiger partial charge >= 0.3 is 0 Å². The highest BCUT2D eigenvalue weighted by atomic mass is 35.5. The van der Waals surface area contributed by atoms with Crippen LogP contribution in [-0.4, -0.2) is 38.0 Å². The molecule has 0 spiro atoms. The molecule has 1 amide bonds. The van der Waals surface area contributed by atoms with Gasteiger partial charge in [-0.05, 0) is 24.3 Å². The average Bonchev–Trinajstić information content (AvgIpc) is 3.20. The highest BCUT2D eigenvalue weighted by Crippen LogP contribution is 2.29. The van der Waals surface area contributed by atoms with Crippen LogP contribution in [0.5, 0.6) is 0 Å². The molecular formula is C17H13Cl2N5O2. The van der Waals surface area contributed by atoms with Crippen molar-refractivity contribution >= 4 is 46.0 Å². The molecule has 7 nitrogen and oxygen atoms in total. The van der Waals surface area contributed by atoms with E-state index in [9.17, 15) is 4.79 Å². The topological polar surface area (TPSA) is 72.6 Å². The van der Waals surface area contributed by atoms with Gasteiger partial charge in [-0.25, -0.2) is 4.68 Å². The second-order valence-electron chi connectivity index (χ2n) is 5.70. The van der Waals surface area contributed by atoms with Crippen molar-refractivity contribution in [3.05, 3.63) is 58.1 Å². The third kappa shape index (κ3) is 2.89. The number of hydrazone groups is 1. The Morgan fingerprint density at radius 3 is 2.62 bits per heavy atom. The van der Waals surface area contributed by atoms with Crippen LogP contribution < -0.4 is 0 Å². The fourth-order valence-corrected chi connectivity index (χ4v) is 3.32. The lowest BCUT2D eigenvalue weighted by Gasteiger charge is -2.19. The fourth-order valence-electron chi connectivity index (χ4n) is 2.76. The second kappa shape index (κ2) is 6.59. The number of ether oxygens (including phenoxy) is 1. The van der Waals surface area contributed by atoms with E-state index in [1.54, 1.807) is 22.9 Å². The number of rotatable bonds is 3. The molecule has 0 fully saturated rings. The standard InChI is InChI=1S/C17H13Cl2N5O2/c1-10(25)24-15(9-23-14-8-3-2-7-13(14)20-22-23)26-17(21-24)16-11(18)5-4-6-12(16)19/h2-8,15H,9H2,1H3/t15-/m1/s1. The van der Waals surface area contributed by atoms with Crippen LogP contribution >= 0.6 is 23.2 Å². The molecule has 1 aromatic heterocycles. The Morgan fingerprint density at radius 2 is 1.88 bits per heavy atom. The molecule has 9 heteroatoms. The monoisotopic (exact) mass is 389 g/mol. The largest absolute Gasteiger partial charge is 0.448 e. The molecule has 4 rings (SSSR count). The molecule has 1 aliphatic rings. The van der Waals surface area contributed by atoms with Crippen molar-refractivity contribution in [2.45, 2.75) is 19.7 Å². The van der Waals surface area contributed by atoms with E-state index in [2.05, 4.69) is 15.4 Å². The first-order chi connectivity index (χ1) is 12.5. The minimum atomic E-state index is -0.681. The maximum absolute atomic E-state index is 12.0. The highest BCUT2D eigenvalue weighted by molar-refractivity contribution is 6.39. The number of carbonyl (C=O) groups excluding carboxylic acids is 1. The van der Waals surface area contributed by atoms with Gasteiger partial charge in [-0.1, -0.05) is 46.6 Å². The lowest BCUT2D eigenvalue weighted by atomic mass is 10.2. The molecule has 1 atom stereocenters. The summed E-state index contributed by atoms with van der Waals surface area (Å²) in [6.07, 6.45) is -0.681. The van der Waals surface area contributed by atoms with E-state index in [1.807, 2.05) is 24.3 Å². The maximum Gasteiger partial charge on any atom is 0.243 e. The molecule has 132 valence electrons. The number of halogens is 2. The summed E-state index contributed by atoms with van der Waals surface area (Å²) in [6.45, 7) is 1.67. The highest BCUT2D eigenvalue weighted by Gasteiger charge is 2.34. The number of fused-ring (bicyclic) bond motifs is 1. The molecule has 2 aromatic carbocycles. The number of amides is 1. The van der Waals surface area contributed by atoms with Crippen molar-refractivity contribution < 1.29 is 9.53 Å². The molecule has 0 saturated carbocycles. The lowest BCUT2D eigenvalue weighted by Crippen LogP contribution is -2.35. The Labute approximate surface area is 158 Å². The SMILES string of the molecule is CC(=O)N1N=C(c2c(Cl)cccc2Cl)O[C@@H]1Cn1nnc2ccccc21. The van der Waals surface area contributed by atoms with Crippen LogP contribution in [0.25, 0.3) is 11.0 Å². The summed E-state index contributed by atoms with van der Waals surface area (Å²) in [5.74, 6) is -0.0668. The summed E-state index contributed by atoms with van der Waals surface area (Å²) in [5.41, 5.74) is 2.05. The van der Waals surface area contributed by atoms with Gasteiger partial charge in [0.2, 0.25) is 18.0 Å². The fraction of sp³-hybridized carbons (Fsp3) is 0.176. The number of hydrogen-bond acceptors (Lipinski definition) is 5. The van der Waals surface area contributed by atoms with Crippen LogP contribution in [0.1, 0.15) is 12.5 Å². The summed E-state index contributed by atoms with van der Waals surface area (Å²) in [5, 5.41) is 14.6. The molecule has 0 aliphatic carbocycles. The Balaban J connectivity index is 1.67. The molecule has 3 aromatic rings. The van der Waals surface area contributed by atoms with Gasteiger partial charge in [0.1, 0.15) is 12.1 Å². The summed E-state index contributed by atoms with van der Waals surface area (Å²) in [6, 6.07) is 12.6. The van der Waals surface area contributed by atoms with Crippen LogP contribution in [0.15, 0.2) is 47.6 Å². The van der Waals surface area contributed by atoms with Crippen molar-refractivity contribution in [2.24, 2.45) is 5.10 Å². The predicted molar refractivity (Wildman–Crippen MR) is 97.9 cm³/mol. The summed E-state index contributed by atoms with van der Waals surface area (Å²) >= 11 is 12.5. The quantitative estimate of drug-likeness (QED) is 0.688. The predicted octanol–water partition coefficient (Wildman–Crippen LogP) is 3.30. The van der Waals surface area contributed by atoms with E-state index in [-0.39, 0.29) is 18.3 Å². The summed E-state index contributed by atoms with van der Waals surface area (Å²) in [4.78, 5) is 12.0. The van der Waals surface area contributed by atoms with Gasteiger partial charge < -0.3 is 4.74 Å². The van der Waals surface area contributed by atoms with Crippen molar-refractivity contribution in [2.75, 3.05) is 0 Å². The van der Waals surface area contributed by atoms with Gasteiger partial charge in [-0.15, -0.1) is 10.2 Å². The van der Waals surface area contributed by atoms with Crippen molar-refractivity contribution in [3.63, 3.8) is 0 Å². The molecule has 2 heterocycles. The normalized spacial score (nSPS) is 16.7. The molecule has 0 radical (unpaired) electrons. The number of aromatic nitrogens is 3. The van der Waals surface area contributed by atoms with Gasteiger partial charge in [0, 0.05) is 6.92 Å². The summed E-state index contributed by atoms with van der Waals surface area (Å²) in [7, 11) is 0. The average molecular weight is 390 g/mol. The van der Waals surface area contributed by atoms with E-state index < -0.39 is 6.23 Å². The zero-order valence-electron chi connectivity index (χ0n) is 13.6. The third-order valence-electron chi connectivity index (χ3n) is 3.97. The van der Waals surface area contributed by atoms with Crippen molar-refractivity contribution in [1.82, 2.24) is 20.0 Å². The van der Waals surface area contributed by atoms with Gasteiger partial charge in [0.15, 0.2) is 0 Å². The minimum absolute atomic E-state index is 0.199. The maximum atomic E-state index is 12.0. The van der Waals surface area contributed by atoms with E-state index in [1.165, 1.54) is 11.9 Å². The number of para-hydroxylation sites is 1. The molecule has 0 saturated heterocycles. The van der Waals surface area contributed by atoms with Crippen LogP contribution in [0.3, 0.4) is 0 Å². The number of benzene rings is 2. The van der Waals surface area contributed by atoms with Gasteiger partial charge in [-0.3, -0.25) is 4.79 Å². The van der Waals surface area contributed by atoms with E-state index >= 15 is 0 Å². The zero-order chi connectivity index (χ0) is 18.3. The number of hydrogen-bond donors (Lipinski definition) is 0. The Hall–Kier alpha value is -2.64. The van der Waals surface area contributed by atoms with E-state index in [4.69, 9.17) is 27.9 Å². The number of nitrogens with zero attached hydrogens (tertiary/aromatic N) is 5. The molecule has 0 unspecified atom stereocenters. The molecule has 1 aliphatic heterocycles. The molecule has 26 heavy (non-hydrogen) atoms. The van der Waals surface area contributed by atoms with Crippen LogP contribution in [0, 0.1) is 0 Å².